The Hall–Kier alpha value is -1.79. The molecule has 0 unspecified atom stereocenters. The van der Waals surface area contributed by atoms with Crippen LogP contribution < -0.4 is 4.31 Å². The highest BCUT2D eigenvalue weighted by Crippen LogP contribution is 2.49. The molecule has 5 nitrogen and oxygen atoms in total. The second-order valence-electron chi connectivity index (χ2n) is 6.31. The molecular formula is C15H13F3N2O3S. The second kappa shape index (κ2) is 4.86. The van der Waals surface area contributed by atoms with E-state index in [4.69, 9.17) is 11.3 Å². The molecule has 4 atom stereocenters. The van der Waals surface area contributed by atoms with Crippen molar-refractivity contribution in [2.45, 2.75) is 36.5 Å². The number of nitrogens with zero attached hydrogens (tertiary/aromatic N) is 2. The lowest BCUT2D eigenvalue weighted by molar-refractivity contribution is -0.136. The van der Waals surface area contributed by atoms with Crippen LogP contribution in [-0.2, 0) is 20.9 Å². The molecule has 3 aliphatic heterocycles. The summed E-state index contributed by atoms with van der Waals surface area (Å²) in [5.74, 6) is -0.205. The largest absolute Gasteiger partial charge is 0.407 e. The summed E-state index contributed by atoms with van der Waals surface area (Å²) < 4.78 is 71.7. The minimum atomic E-state index is -4.71. The second-order valence-corrected chi connectivity index (χ2v) is 8.32. The highest BCUT2D eigenvalue weighted by atomic mass is 32.2. The van der Waals surface area contributed by atoms with Gasteiger partial charge in [0, 0.05) is 18.2 Å². The van der Waals surface area contributed by atoms with Gasteiger partial charge >= 0.3 is 6.18 Å². The molecule has 0 radical (unpaired) electrons. The van der Waals surface area contributed by atoms with Crippen LogP contribution in [0.4, 0.5) is 24.5 Å². The monoisotopic (exact) mass is 358 g/mol. The molecule has 128 valence electrons. The van der Waals surface area contributed by atoms with Gasteiger partial charge in [-0.05, 0) is 25.0 Å². The molecule has 4 rings (SSSR count). The summed E-state index contributed by atoms with van der Waals surface area (Å²) in [5, 5.41) is -0.675. The number of halogens is 3. The number of fused-ring (bicyclic) bond motifs is 5. The number of benzene rings is 1. The Kier molecular flexibility index (Phi) is 3.19. The van der Waals surface area contributed by atoms with Crippen LogP contribution in [0, 0.1) is 12.5 Å². The molecule has 2 bridgehead atoms. The van der Waals surface area contributed by atoms with E-state index in [9.17, 15) is 21.6 Å². The Morgan fingerprint density at radius 1 is 1.25 bits per heavy atom. The maximum atomic E-state index is 13.1. The predicted octanol–water partition coefficient (Wildman–Crippen LogP) is 2.95. The summed E-state index contributed by atoms with van der Waals surface area (Å²) in [6.45, 7) is 6.99. The van der Waals surface area contributed by atoms with Gasteiger partial charge in [-0.1, -0.05) is 6.07 Å². The van der Waals surface area contributed by atoms with Crippen molar-refractivity contribution in [2.24, 2.45) is 5.92 Å². The third-order valence-corrected chi connectivity index (χ3v) is 7.39. The van der Waals surface area contributed by atoms with E-state index >= 15 is 0 Å². The average Bonchev–Trinajstić information content (AvgIpc) is 3.18. The smallest absolute Gasteiger partial charge is 0.373 e. The minimum Gasteiger partial charge on any atom is -0.373 e. The summed E-state index contributed by atoms with van der Waals surface area (Å²) in [4.78, 5) is 2.87. The van der Waals surface area contributed by atoms with E-state index in [-0.39, 0.29) is 30.4 Å². The van der Waals surface area contributed by atoms with Crippen LogP contribution in [0.2, 0.25) is 0 Å². The summed E-state index contributed by atoms with van der Waals surface area (Å²) in [5.41, 5.74) is -1.68. The zero-order chi connectivity index (χ0) is 17.3. The van der Waals surface area contributed by atoms with Gasteiger partial charge in [-0.15, -0.1) is 0 Å². The van der Waals surface area contributed by atoms with E-state index < -0.39 is 32.7 Å². The molecule has 1 aromatic carbocycles. The van der Waals surface area contributed by atoms with Gasteiger partial charge in [0.05, 0.1) is 24.3 Å². The molecule has 9 heteroatoms. The quantitative estimate of drug-likeness (QED) is 0.726. The SMILES string of the molecule is [C-]#[N+]c1ccc(N2C[C@@H]3[C@@H]([C@H]4CC[C@@H]3O4)S2(=O)=O)cc1C(F)(F)F. The van der Waals surface area contributed by atoms with Crippen LogP contribution in [0.1, 0.15) is 18.4 Å². The fourth-order valence-electron chi connectivity index (χ4n) is 4.07. The van der Waals surface area contributed by atoms with Gasteiger partial charge in [-0.2, -0.15) is 13.2 Å². The lowest BCUT2D eigenvalue weighted by atomic mass is 9.89. The number of hydrogen-bond acceptors (Lipinski definition) is 3. The molecule has 3 fully saturated rings. The van der Waals surface area contributed by atoms with Gasteiger partial charge in [0.25, 0.3) is 0 Å². The zero-order valence-corrected chi connectivity index (χ0v) is 13.1. The van der Waals surface area contributed by atoms with Crippen molar-refractivity contribution >= 4 is 21.4 Å². The fourth-order valence-corrected chi connectivity index (χ4v) is 6.43. The first kappa shape index (κ1) is 15.7. The van der Waals surface area contributed by atoms with Crippen LogP contribution in [0.3, 0.4) is 0 Å². The van der Waals surface area contributed by atoms with E-state index in [0.29, 0.717) is 6.42 Å². The third-order valence-electron chi connectivity index (χ3n) is 5.07. The van der Waals surface area contributed by atoms with Gasteiger partial charge in [0.15, 0.2) is 5.69 Å². The molecule has 3 aliphatic rings. The van der Waals surface area contributed by atoms with Gasteiger partial charge in [-0.3, -0.25) is 4.31 Å². The van der Waals surface area contributed by atoms with Gasteiger partial charge in [0.2, 0.25) is 10.0 Å². The molecule has 0 saturated carbocycles. The van der Waals surface area contributed by atoms with Crippen LogP contribution in [-0.4, -0.2) is 32.4 Å². The molecule has 1 aromatic rings. The Morgan fingerprint density at radius 2 is 1.96 bits per heavy atom. The van der Waals surface area contributed by atoms with Crippen molar-refractivity contribution in [1.82, 2.24) is 0 Å². The Morgan fingerprint density at radius 3 is 2.58 bits per heavy atom. The highest BCUT2D eigenvalue weighted by Gasteiger charge is 2.61. The number of sulfonamides is 1. The Bertz CT molecular complexity index is 847. The molecule has 0 aliphatic carbocycles. The molecule has 0 amide bonds. The van der Waals surface area contributed by atoms with Crippen LogP contribution >= 0.6 is 0 Å². The normalized spacial score (nSPS) is 33.5. The lowest BCUT2D eigenvalue weighted by Gasteiger charge is -2.22. The number of alkyl halides is 3. The van der Waals surface area contributed by atoms with Crippen molar-refractivity contribution in [1.29, 1.82) is 0 Å². The van der Waals surface area contributed by atoms with Gasteiger partial charge in [-0.25, -0.2) is 13.3 Å². The van der Waals surface area contributed by atoms with Crippen molar-refractivity contribution in [3.63, 3.8) is 0 Å². The van der Waals surface area contributed by atoms with E-state index in [1.807, 2.05) is 0 Å². The Balaban J connectivity index is 1.77. The molecule has 0 spiro atoms. The predicted molar refractivity (Wildman–Crippen MR) is 79.1 cm³/mol. The van der Waals surface area contributed by atoms with Crippen LogP contribution in [0.25, 0.3) is 4.85 Å². The number of anilines is 1. The highest BCUT2D eigenvalue weighted by molar-refractivity contribution is 7.93. The minimum absolute atomic E-state index is 0.0384. The molecule has 24 heavy (non-hydrogen) atoms. The van der Waals surface area contributed by atoms with Crippen molar-refractivity contribution in [3.05, 3.63) is 35.2 Å². The number of hydrogen-bond donors (Lipinski definition) is 0. The average molecular weight is 358 g/mol. The van der Waals surface area contributed by atoms with Gasteiger partial charge in [0.1, 0.15) is 5.25 Å². The number of rotatable bonds is 1. The summed E-state index contributed by atoms with van der Waals surface area (Å²) in [6, 6.07) is 3.05. The van der Waals surface area contributed by atoms with E-state index in [2.05, 4.69) is 4.85 Å². The van der Waals surface area contributed by atoms with Crippen molar-refractivity contribution in [2.75, 3.05) is 10.8 Å². The first-order valence-electron chi connectivity index (χ1n) is 7.49. The maximum Gasteiger partial charge on any atom is 0.407 e. The lowest BCUT2D eigenvalue weighted by Crippen LogP contribution is -2.36. The topological polar surface area (TPSA) is 51.0 Å². The zero-order valence-electron chi connectivity index (χ0n) is 12.3. The maximum absolute atomic E-state index is 13.1. The summed E-state index contributed by atoms with van der Waals surface area (Å²) >= 11 is 0. The van der Waals surface area contributed by atoms with Crippen LogP contribution in [0.15, 0.2) is 18.2 Å². The molecule has 3 saturated heterocycles. The summed E-state index contributed by atoms with van der Waals surface area (Å²) in [7, 11) is -3.77. The Labute approximate surface area is 136 Å². The van der Waals surface area contributed by atoms with Crippen molar-refractivity contribution in [3.8, 4) is 0 Å². The standard InChI is InChI=1S/C15H13F3N2O3S/c1-19-11-3-2-8(6-10(11)15(16,17)18)20-7-9-12-4-5-13(23-12)14(9)24(20,21)22/h2-3,6,9,12-14H,4-5,7H2/t9-,12-,13+,14-/m0/s1. The van der Waals surface area contributed by atoms with Crippen molar-refractivity contribution < 1.29 is 26.3 Å². The van der Waals surface area contributed by atoms with Gasteiger partial charge < -0.3 is 4.74 Å². The number of ether oxygens (including phenoxy) is 1. The molecular weight excluding hydrogens is 345 g/mol. The van der Waals surface area contributed by atoms with E-state index in [0.717, 1.165) is 22.9 Å². The third kappa shape index (κ3) is 2.06. The first-order valence-corrected chi connectivity index (χ1v) is 8.99. The van der Waals surface area contributed by atoms with E-state index in [1.54, 1.807) is 0 Å². The molecule has 0 aromatic heterocycles. The summed E-state index contributed by atoms with van der Waals surface area (Å²) in [6.07, 6.45) is -3.75. The molecule has 0 N–H and O–H groups in total. The fraction of sp³-hybridized carbons (Fsp3) is 0.533. The first-order chi connectivity index (χ1) is 11.2. The van der Waals surface area contributed by atoms with Crippen LogP contribution in [0.5, 0.6) is 0 Å². The molecule has 3 heterocycles. The van der Waals surface area contributed by atoms with E-state index in [1.165, 1.54) is 6.07 Å².